The van der Waals surface area contributed by atoms with E-state index in [1.807, 2.05) is 17.0 Å². The molecule has 1 aliphatic heterocycles. The van der Waals surface area contributed by atoms with Crippen LogP contribution in [-0.4, -0.2) is 35.6 Å². The number of aryl methyl sites for hydroxylation is 1. The molecule has 1 N–H and O–H groups in total. The van der Waals surface area contributed by atoms with Crippen molar-refractivity contribution in [2.24, 2.45) is 5.41 Å². The predicted molar refractivity (Wildman–Crippen MR) is 101 cm³/mol. The first-order valence-electron chi connectivity index (χ1n) is 8.73. The van der Waals surface area contributed by atoms with Crippen molar-refractivity contribution >= 4 is 17.5 Å². The zero-order valence-electron chi connectivity index (χ0n) is 14.5. The van der Waals surface area contributed by atoms with Crippen molar-refractivity contribution < 1.29 is 9.90 Å². The third-order valence-corrected chi connectivity index (χ3v) is 5.42. The number of piperidine rings is 1. The van der Waals surface area contributed by atoms with Gasteiger partial charge >= 0.3 is 0 Å². The van der Waals surface area contributed by atoms with Gasteiger partial charge in [0.1, 0.15) is 0 Å². The molecule has 3 nitrogen and oxygen atoms in total. The van der Waals surface area contributed by atoms with Crippen LogP contribution in [0.2, 0.25) is 5.02 Å². The second-order valence-corrected chi connectivity index (χ2v) is 7.54. The molecule has 0 bridgehead atoms. The van der Waals surface area contributed by atoms with Gasteiger partial charge in [-0.2, -0.15) is 0 Å². The maximum atomic E-state index is 12.9. The van der Waals surface area contributed by atoms with Gasteiger partial charge in [0.05, 0.1) is 6.61 Å². The molecular weight excluding hydrogens is 334 g/mol. The predicted octanol–water partition coefficient (Wildman–Crippen LogP) is 4.11. The number of hydrogen-bond acceptors (Lipinski definition) is 2. The number of carbonyl (C=O) groups is 1. The van der Waals surface area contributed by atoms with Crippen molar-refractivity contribution in [3.63, 3.8) is 0 Å². The van der Waals surface area contributed by atoms with Crippen LogP contribution in [0.15, 0.2) is 48.5 Å². The Balaban J connectivity index is 1.80. The van der Waals surface area contributed by atoms with Crippen molar-refractivity contribution in [1.82, 2.24) is 4.90 Å². The lowest BCUT2D eigenvalue weighted by Crippen LogP contribution is -2.49. The summed E-state index contributed by atoms with van der Waals surface area (Å²) in [4.78, 5) is 14.7. The summed E-state index contributed by atoms with van der Waals surface area (Å²) in [6.45, 7) is 3.48. The van der Waals surface area contributed by atoms with Crippen molar-refractivity contribution in [3.8, 4) is 0 Å². The van der Waals surface area contributed by atoms with Gasteiger partial charge in [-0.25, -0.2) is 0 Å². The number of halogens is 1. The number of aliphatic hydroxyl groups is 1. The number of carbonyl (C=O) groups excluding carboxylic acids is 1. The molecule has 0 spiro atoms. The molecule has 0 aromatic heterocycles. The van der Waals surface area contributed by atoms with Crippen molar-refractivity contribution in [2.75, 3.05) is 19.7 Å². The number of amides is 1. The van der Waals surface area contributed by atoms with Gasteiger partial charge in [0.15, 0.2) is 0 Å². The first kappa shape index (κ1) is 18.0. The van der Waals surface area contributed by atoms with Crippen LogP contribution in [0.5, 0.6) is 0 Å². The fourth-order valence-electron chi connectivity index (χ4n) is 3.73. The summed E-state index contributed by atoms with van der Waals surface area (Å²) in [5.41, 5.74) is 2.80. The zero-order chi connectivity index (χ0) is 17.9. The number of nitrogens with zero attached hydrogens (tertiary/aromatic N) is 1. The molecule has 1 amide bonds. The first-order valence-corrected chi connectivity index (χ1v) is 9.11. The molecule has 1 atom stereocenters. The molecular formula is C21H24ClNO2. The number of hydrogen-bond donors (Lipinski definition) is 1. The smallest absolute Gasteiger partial charge is 0.253 e. The molecule has 2 aromatic carbocycles. The summed E-state index contributed by atoms with van der Waals surface area (Å²) in [6.07, 6.45) is 2.62. The standard InChI is InChI=1S/C21H24ClNO2/c1-16-6-2-3-7-18(16)13-21(15-24)10-5-11-23(14-21)20(25)17-8-4-9-19(22)12-17/h2-4,6-9,12,24H,5,10-11,13-15H2,1H3/t21-/m0/s1. The SMILES string of the molecule is Cc1ccccc1C[C@@]1(CO)CCCN(C(=O)c2cccc(Cl)c2)C1. The summed E-state index contributed by atoms with van der Waals surface area (Å²) in [7, 11) is 0. The monoisotopic (exact) mass is 357 g/mol. The fourth-order valence-corrected chi connectivity index (χ4v) is 3.92. The molecule has 0 aliphatic carbocycles. The first-order chi connectivity index (χ1) is 12.0. The van der Waals surface area contributed by atoms with E-state index in [4.69, 9.17) is 11.6 Å². The zero-order valence-corrected chi connectivity index (χ0v) is 15.3. The molecule has 1 fully saturated rings. The van der Waals surface area contributed by atoms with E-state index >= 15 is 0 Å². The minimum Gasteiger partial charge on any atom is -0.396 e. The van der Waals surface area contributed by atoms with Crippen LogP contribution in [0.25, 0.3) is 0 Å². The van der Waals surface area contributed by atoms with Crippen LogP contribution in [0.3, 0.4) is 0 Å². The van der Waals surface area contributed by atoms with Gasteiger partial charge in [0, 0.05) is 29.1 Å². The Morgan fingerprint density at radius 1 is 1.24 bits per heavy atom. The van der Waals surface area contributed by atoms with Crippen LogP contribution in [0.4, 0.5) is 0 Å². The van der Waals surface area contributed by atoms with E-state index in [2.05, 4.69) is 19.1 Å². The van der Waals surface area contributed by atoms with Crippen molar-refractivity contribution in [1.29, 1.82) is 0 Å². The fraction of sp³-hybridized carbons (Fsp3) is 0.381. The van der Waals surface area contributed by atoms with Gasteiger partial charge in [-0.3, -0.25) is 4.79 Å². The molecule has 0 saturated carbocycles. The van der Waals surface area contributed by atoms with Crippen LogP contribution in [-0.2, 0) is 6.42 Å². The molecule has 3 rings (SSSR count). The van der Waals surface area contributed by atoms with E-state index in [1.165, 1.54) is 11.1 Å². The lowest BCUT2D eigenvalue weighted by molar-refractivity contribution is 0.0271. The normalized spacial score (nSPS) is 20.5. The number of benzene rings is 2. The topological polar surface area (TPSA) is 40.5 Å². The van der Waals surface area contributed by atoms with E-state index in [0.717, 1.165) is 25.8 Å². The van der Waals surface area contributed by atoms with Crippen LogP contribution in [0, 0.1) is 12.3 Å². The highest BCUT2D eigenvalue weighted by Gasteiger charge is 2.37. The van der Waals surface area contributed by atoms with E-state index in [-0.39, 0.29) is 17.9 Å². The Morgan fingerprint density at radius 3 is 2.76 bits per heavy atom. The minimum atomic E-state index is -0.279. The van der Waals surface area contributed by atoms with Crippen molar-refractivity contribution in [3.05, 3.63) is 70.2 Å². The Kier molecular flexibility index (Phi) is 5.45. The van der Waals surface area contributed by atoms with Gasteiger partial charge < -0.3 is 10.0 Å². The van der Waals surface area contributed by atoms with Gasteiger partial charge in [-0.1, -0.05) is 41.9 Å². The molecule has 132 valence electrons. The molecule has 25 heavy (non-hydrogen) atoms. The van der Waals surface area contributed by atoms with Gasteiger partial charge in [0.2, 0.25) is 0 Å². The maximum Gasteiger partial charge on any atom is 0.253 e. The van der Waals surface area contributed by atoms with E-state index in [0.29, 0.717) is 17.1 Å². The number of likely N-dealkylation sites (tertiary alicyclic amines) is 1. The summed E-state index contributed by atoms with van der Waals surface area (Å²) in [5.74, 6) is -0.00944. The Labute approximate surface area is 154 Å². The lowest BCUT2D eigenvalue weighted by Gasteiger charge is -2.42. The van der Waals surface area contributed by atoms with E-state index in [1.54, 1.807) is 24.3 Å². The number of rotatable bonds is 4. The third-order valence-electron chi connectivity index (χ3n) is 5.18. The molecule has 1 heterocycles. The molecule has 1 aliphatic rings. The minimum absolute atomic E-state index is 0.00944. The van der Waals surface area contributed by atoms with Crippen molar-refractivity contribution in [2.45, 2.75) is 26.2 Å². The highest BCUT2D eigenvalue weighted by atomic mass is 35.5. The van der Waals surface area contributed by atoms with E-state index < -0.39 is 0 Å². The van der Waals surface area contributed by atoms with Crippen LogP contribution in [0.1, 0.15) is 34.3 Å². The molecule has 4 heteroatoms. The second-order valence-electron chi connectivity index (χ2n) is 7.10. The highest BCUT2D eigenvalue weighted by molar-refractivity contribution is 6.30. The summed E-state index contributed by atoms with van der Waals surface area (Å²) in [6, 6.07) is 15.3. The quantitative estimate of drug-likeness (QED) is 0.894. The van der Waals surface area contributed by atoms with Gasteiger partial charge in [0.25, 0.3) is 5.91 Å². The van der Waals surface area contributed by atoms with Crippen LogP contribution >= 0.6 is 11.6 Å². The molecule has 0 unspecified atom stereocenters. The average Bonchev–Trinajstić information content (AvgIpc) is 2.63. The van der Waals surface area contributed by atoms with E-state index in [9.17, 15) is 9.90 Å². The Morgan fingerprint density at radius 2 is 2.04 bits per heavy atom. The average molecular weight is 358 g/mol. The van der Waals surface area contributed by atoms with Crippen LogP contribution < -0.4 is 0 Å². The second kappa shape index (κ2) is 7.59. The Hall–Kier alpha value is -1.84. The lowest BCUT2D eigenvalue weighted by atomic mass is 9.75. The Bertz CT molecular complexity index is 761. The molecule has 2 aromatic rings. The van der Waals surface area contributed by atoms with Gasteiger partial charge in [-0.05, 0) is 55.5 Å². The van der Waals surface area contributed by atoms with Gasteiger partial charge in [-0.15, -0.1) is 0 Å². The number of aliphatic hydroxyl groups excluding tert-OH is 1. The highest BCUT2D eigenvalue weighted by Crippen LogP contribution is 2.34. The maximum absolute atomic E-state index is 12.9. The largest absolute Gasteiger partial charge is 0.396 e. The molecule has 0 radical (unpaired) electrons. The summed E-state index contributed by atoms with van der Waals surface area (Å²) in [5, 5.41) is 10.7. The third kappa shape index (κ3) is 4.05. The summed E-state index contributed by atoms with van der Waals surface area (Å²) >= 11 is 6.03. The molecule has 1 saturated heterocycles. The summed E-state index contributed by atoms with van der Waals surface area (Å²) < 4.78 is 0.